The van der Waals surface area contributed by atoms with Gasteiger partial charge in [0.15, 0.2) is 0 Å². The van der Waals surface area contributed by atoms with Crippen molar-refractivity contribution in [2.75, 3.05) is 23.8 Å². The number of benzene rings is 1. The van der Waals surface area contributed by atoms with Crippen molar-refractivity contribution in [2.45, 2.75) is 39.2 Å². The molecular formula is C18H24N4. The summed E-state index contributed by atoms with van der Waals surface area (Å²) in [6.07, 6.45) is 0.915. The molecule has 0 atom stereocenters. The van der Waals surface area contributed by atoms with Crippen LogP contribution in [0.25, 0.3) is 0 Å². The quantitative estimate of drug-likeness (QED) is 0.942. The summed E-state index contributed by atoms with van der Waals surface area (Å²) in [7, 11) is 1.87. The summed E-state index contributed by atoms with van der Waals surface area (Å²) in [4.78, 5) is 11.5. The second-order valence-corrected chi connectivity index (χ2v) is 6.54. The van der Waals surface area contributed by atoms with Crippen molar-refractivity contribution in [2.24, 2.45) is 0 Å². The van der Waals surface area contributed by atoms with Crippen molar-refractivity contribution >= 4 is 11.8 Å². The van der Waals surface area contributed by atoms with Crippen LogP contribution in [0.4, 0.5) is 11.8 Å². The topological polar surface area (TPSA) is 41.1 Å². The van der Waals surface area contributed by atoms with Crippen LogP contribution < -0.4 is 10.2 Å². The second-order valence-electron chi connectivity index (χ2n) is 6.54. The van der Waals surface area contributed by atoms with Gasteiger partial charge in [-0.2, -0.15) is 4.98 Å². The SMILES string of the molecule is CCc1cc(N2Cc3ccccc3C(C)(C)C2)nc(NC)n1. The van der Waals surface area contributed by atoms with E-state index in [1.54, 1.807) is 0 Å². The van der Waals surface area contributed by atoms with Crippen LogP contribution in [-0.4, -0.2) is 23.6 Å². The van der Waals surface area contributed by atoms with Crippen LogP contribution in [0.15, 0.2) is 30.3 Å². The van der Waals surface area contributed by atoms with E-state index < -0.39 is 0 Å². The Hall–Kier alpha value is -2.10. The Balaban J connectivity index is 2.01. The van der Waals surface area contributed by atoms with Crippen LogP contribution in [-0.2, 0) is 18.4 Å². The van der Waals surface area contributed by atoms with Crippen LogP contribution in [0.5, 0.6) is 0 Å². The molecule has 3 rings (SSSR count). The number of anilines is 2. The molecule has 1 aromatic heterocycles. The highest BCUT2D eigenvalue weighted by Crippen LogP contribution is 2.35. The summed E-state index contributed by atoms with van der Waals surface area (Å²) in [5.41, 5.74) is 4.03. The van der Waals surface area contributed by atoms with Gasteiger partial charge in [-0.1, -0.05) is 45.0 Å². The Morgan fingerprint density at radius 2 is 2.00 bits per heavy atom. The van der Waals surface area contributed by atoms with Crippen LogP contribution >= 0.6 is 0 Å². The lowest BCUT2D eigenvalue weighted by Gasteiger charge is -2.40. The molecule has 0 fully saturated rings. The molecule has 1 aromatic carbocycles. The molecule has 0 spiro atoms. The van der Waals surface area contributed by atoms with Gasteiger partial charge >= 0.3 is 0 Å². The Bertz CT molecular complexity index is 656. The number of hydrogen-bond acceptors (Lipinski definition) is 4. The summed E-state index contributed by atoms with van der Waals surface area (Å²) < 4.78 is 0. The van der Waals surface area contributed by atoms with E-state index in [4.69, 9.17) is 0 Å². The van der Waals surface area contributed by atoms with Crippen LogP contribution in [0, 0.1) is 0 Å². The van der Waals surface area contributed by atoms with Crippen molar-refractivity contribution in [3.05, 3.63) is 47.2 Å². The van der Waals surface area contributed by atoms with Gasteiger partial charge in [-0.25, -0.2) is 4.98 Å². The van der Waals surface area contributed by atoms with E-state index in [9.17, 15) is 0 Å². The number of aryl methyl sites for hydroxylation is 1. The predicted molar refractivity (Wildman–Crippen MR) is 91.5 cm³/mol. The molecule has 1 aliphatic rings. The smallest absolute Gasteiger partial charge is 0.224 e. The molecular weight excluding hydrogens is 272 g/mol. The molecule has 0 aliphatic carbocycles. The molecule has 0 radical (unpaired) electrons. The summed E-state index contributed by atoms with van der Waals surface area (Å²) >= 11 is 0. The summed E-state index contributed by atoms with van der Waals surface area (Å²) in [5.74, 6) is 1.71. The first kappa shape index (κ1) is 14.8. The zero-order valence-electron chi connectivity index (χ0n) is 13.8. The molecule has 0 saturated heterocycles. The summed E-state index contributed by atoms with van der Waals surface area (Å²) in [5, 5.41) is 3.07. The lowest BCUT2D eigenvalue weighted by Crippen LogP contribution is -2.42. The first-order chi connectivity index (χ1) is 10.5. The molecule has 1 aliphatic heterocycles. The van der Waals surface area contributed by atoms with Crippen molar-refractivity contribution in [3.8, 4) is 0 Å². The van der Waals surface area contributed by atoms with E-state index in [0.717, 1.165) is 31.0 Å². The Morgan fingerprint density at radius 1 is 1.23 bits per heavy atom. The van der Waals surface area contributed by atoms with Crippen LogP contribution in [0.1, 0.15) is 37.6 Å². The fourth-order valence-corrected chi connectivity index (χ4v) is 3.24. The molecule has 1 N–H and O–H groups in total. The van der Waals surface area contributed by atoms with Gasteiger partial charge in [-0.05, 0) is 17.5 Å². The van der Waals surface area contributed by atoms with Gasteiger partial charge in [0.05, 0.1) is 0 Å². The zero-order valence-corrected chi connectivity index (χ0v) is 13.8. The number of nitrogens with one attached hydrogen (secondary N) is 1. The molecule has 2 aromatic rings. The third-order valence-corrected chi connectivity index (χ3v) is 4.37. The average molecular weight is 296 g/mol. The first-order valence-electron chi connectivity index (χ1n) is 7.92. The molecule has 0 saturated carbocycles. The molecule has 4 heteroatoms. The van der Waals surface area contributed by atoms with Crippen molar-refractivity contribution < 1.29 is 0 Å². The van der Waals surface area contributed by atoms with E-state index in [2.05, 4.69) is 71.3 Å². The molecule has 116 valence electrons. The van der Waals surface area contributed by atoms with Crippen LogP contribution in [0.3, 0.4) is 0 Å². The number of aromatic nitrogens is 2. The fourth-order valence-electron chi connectivity index (χ4n) is 3.24. The van der Waals surface area contributed by atoms with Crippen molar-refractivity contribution in [1.82, 2.24) is 9.97 Å². The third kappa shape index (κ3) is 2.65. The van der Waals surface area contributed by atoms with E-state index in [0.29, 0.717) is 5.95 Å². The summed E-state index contributed by atoms with van der Waals surface area (Å²) in [6, 6.07) is 10.8. The van der Waals surface area contributed by atoms with Gasteiger partial charge in [0.2, 0.25) is 5.95 Å². The molecule has 2 heterocycles. The maximum absolute atomic E-state index is 4.67. The lowest BCUT2D eigenvalue weighted by molar-refractivity contribution is 0.474. The van der Waals surface area contributed by atoms with E-state index in [1.807, 2.05) is 7.05 Å². The number of fused-ring (bicyclic) bond motifs is 1. The number of nitrogens with zero attached hydrogens (tertiary/aromatic N) is 3. The van der Waals surface area contributed by atoms with Gasteiger partial charge in [0.1, 0.15) is 5.82 Å². The largest absolute Gasteiger partial charge is 0.357 e. The molecule has 0 amide bonds. The molecule has 0 bridgehead atoms. The standard InChI is InChI=1S/C18H24N4/c1-5-14-10-16(21-17(19-4)20-14)22-11-13-8-6-7-9-15(13)18(2,3)12-22/h6-10H,5,11-12H2,1-4H3,(H,19,20,21). The highest BCUT2D eigenvalue weighted by atomic mass is 15.2. The lowest BCUT2D eigenvalue weighted by atomic mass is 9.78. The first-order valence-corrected chi connectivity index (χ1v) is 7.92. The predicted octanol–water partition coefficient (Wildman–Crippen LogP) is 3.38. The van der Waals surface area contributed by atoms with E-state index in [1.165, 1.54) is 11.1 Å². The minimum atomic E-state index is 0.117. The Kier molecular flexibility index (Phi) is 3.77. The van der Waals surface area contributed by atoms with Crippen molar-refractivity contribution in [1.29, 1.82) is 0 Å². The maximum atomic E-state index is 4.67. The minimum absolute atomic E-state index is 0.117. The van der Waals surface area contributed by atoms with Gasteiger partial charge in [-0.3, -0.25) is 0 Å². The summed E-state index contributed by atoms with van der Waals surface area (Å²) in [6.45, 7) is 8.61. The minimum Gasteiger partial charge on any atom is -0.357 e. The van der Waals surface area contributed by atoms with E-state index in [-0.39, 0.29) is 5.41 Å². The second kappa shape index (κ2) is 5.59. The van der Waals surface area contributed by atoms with Gasteiger partial charge in [0.25, 0.3) is 0 Å². The Morgan fingerprint density at radius 3 is 2.73 bits per heavy atom. The van der Waals surface area contributed by atoms with Gasteiger partial charge in [-0.15, -0.1) is 0 Å². The number of rotatable bonds is 3. The molecule has 22 heavy (non-hydrogen) atoms. The normalized spacial score (nSPS) is 16.3. The van der Waals surface area contributed by atoms with Gasteiger partial charge < -0.3 is 10.2 Å². The zero-order chi connectivity index (χ0) is 15.7. The number of hydrogen-bond donors (Lipinski definition) is 1. The molecule has 0 unspecified atom stereocenters. The fraction of sp³-hybridized carbons (Fsp3) is 0.444. The maximum Gasteiger partial charge on any atom is 0.224 e. The third-order valence-electron chi connectivity index (χ3n) is 4.37. The van der Waals surface area contributed by atoms with Gasteiger partial charge in [0, 0.05) is 37.3 Å². The Labute approximate surface area is 132 Å². The van der Waals surface area contributed by atoms with Crippen molar-refractivity contribution in [3.63, 3.8) is 0 Å². The van der Waals surface area contributed by atoms with Crippen LogP contribution in [0.2, 0.25) is 0 Å². The molecule has 4 nitrogen and oxygen atoms in total. The average Bonchev–Trinajstić information content (AvgIpc) is 2.53. The van der Waals surface area contributed by atoms with E-state index >= 15 is 0 Å². The highest BCUT2D eigenvalue weighted by molar-refractivity contribution is 5.50. The monoisotopic (exact) mass is 296 g/mol. The highest BCUT2D eigenvalue weighted by Gasteiger charge is 2.32.